The van der Waals surface area contributed by atoms with Gasteiger partial charge in [0, 0.05) is 18.0 Å². The number of benzene rings is 1. The summed E-state index contributed by atoms with van der Waals surface area (Å²) in [4.78, 5) is 15.3. The van der Waals surface area contributed by atoms with Gasteiger partial charge in [0.1, 0.15) is 0 Å². The molecule has 1 aromatic carbocycles. The summed E-state index contributed by atoms with van der Waals surface area (Å²) in [5.41, 5.74) is 1.91. The number of para-hydroxylation sites is 1. The van der Waals surface area contributed by atoms with E-state index in [0.29, 0.717) is 12.3 Å². The van der Waals surface area contributed by atoms with Gasteiger partial charge >= 0.3 is 0 Å². The molecule has 1 aromatic heterocycles. The van der Waals surface area contributed by atoms with Crippen molar-refractivity contribution in [1.29, 1.82) is 0 Å². The van der Waals surface area contributed by atoms with Crippen molar-refractivity contribution >= 4 is 22.5 Å². The molecule has 100 valence electrons. The largest absolute Gasteiger partial charge is 0.359 e. The SMILES string of the molecule is O=C(CC1CCCCC1)Nc1cccc2cc[nH]c12. The van der Waals surface area contributed by atoms with E-state index in [2.05, 4.69) is 10.3 Å². The fourth-order valence-electron chi connectivity index (χ4n) is 3.04. The van der Waals surface area contributed by atoms with Gasteiger partial charge in [0.2, 0.25) is 5.91 Å². The zero-order chi connectivity index (χ0) is 13.1. The van der Waals surface area contributed by atoms with Crippen LogP contribution in [0, 0.1) is 5.92 Å². The number of H-pyrrole nitrogens is 1. The van der Waals surface area contributed by atoms with Crippen LogP contribution in [-0.4, -0.2) is 10.9 Å². The van der Waals surface area contributed by atoms with Gasteiger partial charge in [-0.15, -0.1) is 0 Å². The quantitative estimate of drug-likeness (QED) is 0.854. The fourth-order valence-corrected chi connectivity index (χ4v) is 3.04. The number of rotatable bonds is 3. The third-order valence-corrected chi connectivity index (χ3v) is 4.06. The molecule has 0 saturated heterocycles. The number of carbonyl (C=O) groups excluding carboxylic acids is 1. The van der Waals surface area contributed by atoms with E-state index in [0.717, 1.165) is 16.6 Å². The van der Waals surface area contributed by atoms with E-state index < -0.39 is 0 Å². The normalized spacial score (nSPS) is 16.6. The molecule has 1 heterocycles. The van der Waals surface area contributed by atoms with Crippen LogP contribution in [0.3, 0.4) is 0 Å². The lowest BCUT2D eigenvalue weighted by Crippen LogP contribution is -2.18. The Labute approximate surface area is 113 Å². The number of anilines is 1. The third-order valence-electron chi connectivity index (χ3n) is 4.06. The molecule has 3 heteroatoms. The number of aromatic nitrogens is 1. The molecular formula is C16H20N2O. The Bertz CT molecular complexity index is 567. The molecule has 3 rings (SSSR count). The summed E-state index contributed by atoms with van der Waals surface area (Å²) in [6.45, 7) is 0. The molecule has 0 spiro atoms. The molecule has 2 aromatic rings. The third kappa shape index (κ3) is 2.80. The second-order valence-corrected chi connectivity index (χ2v) is 5.50. The highest BCUT2D eigenvalue weighted by Gasteiger charge is 2.17. The Morgan fingerprint density at radius 2 is 2.05 bits per heavy atom. The Morgan fingerprint density at radius 3 is 2.89 bits per heavy atom. The van der Waals surface area contributed by atoms with Crippen LogP contribution in [0.4, 0.5) is 5.69 Å². The highest BCUT2D eigenvalue weighted by Crippen LogP contribution is 2.27. The van der Waals surface area contributed by atoms with Crippen LogP contribution in [0.2, 0.25) is 0 Å². The Hall–Kier alpha value is -1.77. The lowest BCUT2D eigenvalue weighted by atomic mass is 9.87. The van der Waals surface area contributed by atoms with E-state index in [1.165, 1.54) is 32.1 Å². The van der Waals surface area contributed by atoms with Gasteiger partial charge in [-0.2, -0.15) is 0 Å². The molecule has 0 unspecified atom stereocenters. The summed E-state index contributed by atoms with van der Waals surface area (Å²) in [5.74, 6) is 0.727. The first-order chi connectivity index (χ1) is 9.33. The van der Waals surface area contributed by atoms with Crippen LogP contribution in [-0.2, 0) is 4.79 Å². The summed E-state index contributed by atoms with van der Waals surface area (Å²) in [5, 5.41) is 4.18. The Kier molecular flexibility index (Phi) is 3.53. The van der Waals surface area contributed by atoms with Crippen molar-refractivity contribution in [3.63, 3.8) is 0 Å². The van der Waals surface area contributed by atoms with E-state index >= 15 is 0 Å². The van der Waals surface area contributed by atoms with Gasteiger partial charge in [0.05, 0.1) is 11.2 Å². The van der Waals surface area contributed by atoms with Crippen LogP contribution in [0.25, 0.3) is 10.9 Å². The zero-order valence-corrected chi connectivity index (χ0v) is 11.1. The molecule has 1 saturated carbocycles. The number of carbonyl (C=O) groups is 1. The van der Waals surface area contributed by atoms with Crippen LogP contribution in [0.15, 0.2) is 30.5 Å². The van der Waals surface area contributed by atoms with Gasteiger partial charge in [0.25, 0.3) is 0 Å². The molecule has 0 aliphatic heterocycles. The van der Waals surface area contributed by atoms with Crippen molar-refractivity contribution < 1.29 is 4.79 Å². The molecular weight excluding hydrogens is 236 g/mol. The Morgan fingerprint density at radius 1 is 1.21 bits per heavy atom. The van der Waals surface area contributed by atoms with E-state index in [1.807, 2.05) is 30.5 Å². The number of fused-ring (bicyclic) bond motifs is 1. The smallest absolute Gasteiger partial charge is 0.224 e. The maximum absolute atomic E-state index is 12.1. The van der Waals surface area contributed by atoms with Gasteiger partial charge in [-0.05, 0) is 30.9 Å². The number of nitrogens with one attached hydrogen (secondary N) is 2. The van der Waals surface area contributed by atoms with Crippen molar-refractivity contribution in [2.75, 3.05) is 5.32 Å². The molecule has 19 heavy (non-hydrogen) atoms. The number of hydrogen-bond acceptors (Lipinski definition) is 1. The molecule has 1 aliphatic carbocycles. The lowest BCUT2D eigenvalue weighted by molar-refractivity contribution is -0.117. The standard InChI is InChI=1S/C16H20N2O/c19-15(11-12-5-2-1-3-6-12)18-14-8-4-7-13-9-10-17-16(13)14/h4,7-10,12,17H,1-3,5-6,11H2,(H,18,19). The predicted octanol–water partition coefficient (Wildman–Crippen LogP) is 4.08. The van der Waals surface area contributed by atoms with Crippen LogP contribution >= 0.6 is 0 Å². The highest BCUT2D eigenvalue weighted by molar-refractivity contribution is 6.00. The van der Waals surface area contributed by atoms with Crippen LogP contribution in [0.1, 0.15) is 38.5 Å². The number of amides is 1. The summed E-state index contributed by atoms with van der Waals surface area (Å²) in [6.07, 6.45) is 8.88. The molecule has 2 N–H and O–H groups in total. The van der Waals surface area contributed by atoms with E-state index in [-0.39, 0.29) is 5.91 Å². The highest BCUT2D eigenvalue weighted by atomic mass is 16.1. The van der Waals surface area contributed by atoms with Crippen molar-refractivity contribution in [3.05, 3.63) is 30.5 Å². The predicted molar refractivity (Wildman–Crippen MR) is 78.1 cm³/mol. The van der Waals surface area contributed by atoms with Gasteiger partial charge in [-0.3, -0.25) is 4.79 Å². The molecule has 0 radical (unpaired) electrons. The number of aromatic amines is 1. The van der Waals surface area contributed by atoms with Crippen LogP contribution in [0.5, 0.6) is 0 Å². The van der Waals surface area contributed by atoms with Gasteiger partial charge < -0.3 is 10.3 Å². The average molecular weight is 256 g/mol. The van der Waals surface area contributed by atoms with E-state index in [1.54, 1.807) is 0 Å². The Balaban J connectivity index is 1.67. The van der Waals surface area contributed by atoms with E-state index in [9.17, 15) is 4.79 Å². The second-order valence-electron chi connectivity index (χ2n) is 5.50. The first-order valence-electron chi connectivity index (χ1n) is 7.19. The molecule has 1 aliphatic rings. The second kappa shape index (κ2) is 5.47. The maximum atomic E-state index is 12.1. The van der Waals surface area contributed by atoms with Crippen molar-refractivity contribution in [3.8, 4) is 0 Å². The monoisotopic (exact) mass is 256 g/mol. The van der Waals surface area contributed by atoms with E-state index in [4.69, 9.17) is 0 Å². The minimum absolute atomic E-state index is 0.147. The fraction of sp³-hybridized carbons (Fsp3) is 0.438. The summed E-state index contributed by atoms with van der Waals surface area (Å²) in [6, 6.07) is 8.00. The van der Waals surface area contributed by atoms with Gasteiger partial charge in [-0.25, -0.2) is 0 Å². The minimum atomic E-state index is 0.147. The summed E-state index contributed by atoms with van der Waals surface area (Å²) < 4.78 is 0. The zero-order valence-electron chi connectivity index (χ0n) is 11.1. The first-order valence-corrected chi connectivity index (χ1v) is 7.19. The topological polar surface area (TPSA) is 44.9 Å². The molecule has 1 amide bonds. The van der Waals surface area contributed by atoms with Gasteiger partial charge in [-0.1, -0.05) is 31.4 Å². The molecule has 0 atom stereocenters. The minimum Gasteiger partial charge on any atom is -0.359 e. The summed E-state index contributed by atoms with van der Waals surface area (Å²) in [7, 11) is 0. The first kappa shape index (κ1) is 12.3. The molecule has 3 nitrogen and oxygen atoms in total. The van der Waals surface area contributed by atoms with Crippen molar-refractivity contribution in [2.45, 2.75) is 38.5 Å². The molecule has 0 bridgehead atoms. The van der Waals surface area contributed by atoms with Gasteiger partial charge in [0.15, 0.2) is 0 Å². The average Bonchev–Trinajstić information content (AvgIpc) is 2.89. The molecule has 1 fully saturated rings. The van der Waals surface area contributed by atoms with Crippen LogP contribution < -0.4 is 5.32 Å². The maximum Gasteiger partial charge on any atom is 0.224 e. The lowest BCUT2D eigenvalue weighted by Gasteiger charge is -2.20. The van der Waals surface area contributed by atoms with Crippen molar-refractivity contribution in [1.82, 2.24) is 4.98 Å². The summed E-state index contributed by atoms with van der Waals surface area (Å²) >= 11 is 0. The number of hydrogen-bond donors (Lipinski definition) is 2. The van der Waals surface area contributed by atoms with Crippen molar-refractivity contribution in [2.24, 2.45) is 5.92 Å².